The van der Waals surface area contributed by atoms with Crippen molar-refractivity contribution in [2.24, 2.45) is 5.92 Å². The molecule has 94 valence electrons. The van der Waals surface area contributed by atoms with Crippen molar-refractivity contribution in [3.63, 3.8) is 0 Å². The second kappa shape index (κ2) is 5.65. The molecule has 1 saturated heterocycles. The summed E-state index contributed by atoms with van der Waals surface area (Å²) in [5.74, 6) is 0.173. The predicted octanol–water partition coefficient (Wildman–Crippen LogP) is 1.52. The molecule has 18 heavy (non-hydrogen) atoms. The predicted molar refractivity (Wildman–Crippen MR) is 70.2 cm³/mol. The van der Waals surface area contributed by atoms with Gasteiger partial charge in [-0.05, 0) is 37.6 Å². The molecule has 1 fully saturated rings. The van der Waals surface area contributed by atoms with Gasteiger partial charge in [-0.25, -0.2) is 0 Å². The summed E-state index contributed by atoms with van der Waals surface area (Å²) in [4.78, 5) is 14.0. The van der Waals surface area contributed by atoms with E-state index in [0.717, 1.165) is 31.6 Å². The van der Waals surface area contributed by atoms with Gasteiger partial charge in [0.25, 0.3) is 0 Å². The minimum Gasteiger partial charge on any atom is -0.316 e. The van der Waals surface area contributed by atoms with Gasteiger partial charge in [-0.2, -0.15) is 5.26 Å². The average Bonchev–Trinajstić information content (AvgIpc) is 2.46. The Balaban J connectivity index is 2.12. The molecule has 1 atom stereocenters. The van der Waals surface area contributed by atoms with Crippen molar-refractivity contribution < 1.29 is 4.79 Å². The molecule has 0 bridgehead atoms. The number of hydrogen-bond acceptors (Lipinski definition) is 3. The van der Waals surface area contributed by atoms with Gasteiger partial charge < -0.3 is 10.2 Å². The Morgan fingerprint density at radius 1 is 1.56 bits per heavy atom. The summed E-state index contributed by atoms with van der Waals surface area (Å²) in [6.07, 6.45) is 1.98. The normalized spacial score (nSPS) is 19.0. The molecule has 0 spiro atoms. The van der Waals surface area contributed by atoms with Crippen LogP contribution in [0.4, 0.5) is 5.69 Å². The molecule has 1 aromatic carbocycles. The highest BCUT2D eigenvalue weighted by Gasteiger charge is 2.24. The molecular weight excluding hydrogens is 226 g/mol. The van der Waals surface area contributed by atoms with Crippen LogP contribution in [0.2, 0.25) is 0 Å². The van der Waals surface area contributed by atoms with Gasteiger partial charge in [-0.15, -0.1) is 0 Å². The molecule has 4 heteroatoms. The van der Waals surface area contributed by atoms with Crippen LogP contribution in [0.1, 0.15) is 18.4 Å². The molecule has 0 aromatic heterocycles. The fraction of sp³-hybridized carbons (Fsp3) is 0.429. The van der Waals surface area contributed by atoms with Crippen LogP contribution < -0.4 is 10.2 Å². The van der Waals surface area contributed by atoms with Crippen LogP contribution in [0, 0.1) is 17.2 Å². The molecule has 4 nitrogen and oxygen atoms in total. The number of nitriles is 1. The van der Waals surface area contributed by atoms with Crippen LogP contribution >= 0.6 is 0 Å². The number of piperidine rings is 1. The van der Waals surface area contributed by atoms with Crippen molar-refractivity contribution in [3.05, 3.63) is 29.8 Å². The number of anilines is 1. The van der Waals surface area contributed by atoms with Crippen LogP contribution in [0.5, 0.6) is 0 Å². The Bertz CT molecular complexity index is 472. The summed E-state index contributed by atoms with van der Waals surface area (Å²) in [6.45, 7) is 1.75. The Morgan fingerprint density at radius 2 is 2.39 bits per heavy atom. The van der Waals surface area contributed by atoms with E-state index in [2.05, 4.69) is 11.4 Å². The molecule has 2 rings (SSSR count). The van der Waals surface area contributed by atoms with E-state index < -0.39 is 0 Å². The average molecular weight is 243 g/mol. The number of hydrogen-bond donors (Lipinski definition) is 1. The van der Waals surface area contributed by atoms with E-state index in [9.17, 15) is 4.79 Å². The Labute approximate surface area is 107 Å². The van der Waals surface area contributed by atoms with Crippen LogP contribution in [0.3, 0.4) is 0 Å². The Hall–Kier alpha value is -1.86. The van der Waals surface area contributed by atoms with E-state index in [1.165, 1.54) is 0 Å². The second-order valence-corrected chi connectivity index (χ2v) is 4.60. The molecule has 1 unspecified atom stereocenters. The molecule has 0 aliphatic carbocycles. The zero-order valence-corrected chi connectivity index (χ0v) is 10.5. The third kappa shape index (κ3) is 2.69. The van der Waals surface area contributed by atoms with Crippen molar-refractivity contribution in [2.45, 2.75) is 12.8 Å². The molecular formula is C14H17N3O. The van der Waals surface area contributed by atoms with E-state index in [0.29, 0.717) is 5.56 Å². The van der Waals surface area contributed by atoms with Gasteiger partial charge in [0, 0.05) is 19.3 Å². The van der Waals surface area contributed by atoms with Gasteiger partial charge in [0.05, 0.1) is 17.6 Å². The highest BCUT2D eigenvalue weighted by molar-refractivity contribution is 5.94. The standard InChI is InChI=1S/C14H17N3O/c1-17(13-6-2-4-11(8-13)9-15)14(18)12-5-3-7-16-10-12/h2,4,6,8,12,16H,3,5,7,10H2,1H3. The van der Waals surface area contributed by atoms with E-state index >= 15 is 0 Å². The maximum absolute atomic E-state index is 12.3. The first-order chi connectivity index (χ1) is 8.72. The van der Waals surface area contributed by atoms with Crippen molar-refractivity contribution in [1.82, 2.24) is 5.32 Å². The van der Waals surface area contributed by atoms with E-state index in [1.807, 2.05) is 6.07 Å². The summed E-state index contributed by atoms with van der Waals surface area (Å²) >= 11 is 0. The summed E-state index contributed by atoms with van der Waals surface area (Å²) in [5.41, 5.74) is 1.36. The number of rotatable bonds is 2. The largest absolute Gasteiger partial charge is 0.316 e. The zero-order chi connectivity index (χ0) is 13.0. The second-order valence-electron chi connectivity index (χ2n) is 4.60. The third-order valence-corrected chi connectivity index (χ3v) is 3.34. The fourth-order valence-electron chi connectivity index (χ4n) is 2.25. The number of carbonyl (C=O) groups is 1. The third-order valence-electron chi connectivity index (χ3n) is 3.34. The van der Waals surface area contributed by atoms with Crippen molar-refractivity contribution in [2.75, 3.05) is 25.0 Å². The van der Waals surface area contributed by atoms with Gasteiger partial charge in [0.15, 0.2) is 0 Å². The van der Waals surface area contributed by atoms with E-state index in [4.69, 9.17) is 5.26 Å². The molecule has 1 aromatic rings. The van der Waals surface area contributed by atoms with Crippen molar-refractivity contribution in [3.8, 4) is 6.07 Å². The molecule has 1 heterocycles. The first kappa shape index (κ1) is 12.6. The minimum absolute atomic E-state index is 0.0505. The summed E-state index contributed by atoms with van der Waals surface area (Å²) in [6, 6.07) is 9.23. The summed E-state index contributed by atoms with van der Waals surface area (Å²) in [5, 5.41) is 12.1. The quantitative estimate of drug-likeness (QED) is 0.856. The number of amides is 1. The molecule has 1 aliphatic rings. The first-order valence-corrected chi connectivity index (χ1v) is 6.21. The number of benzene rings is 1. The van der Waals surface area contributed by atoms with Crippen LogP contribution in [0.25, 0.3) is 0 Å². The molecule has 0 saturated carbocycles. The smallest absolute Gasteiger partial charge is 0.231 e. The van der Waals surface area contributed by atoms with E-state index in [-0.39, 0.29) is 11.8 Å². The molecule has 1 N–H and O–H groups in total. The highest BCUT2D eigenvalue weighted by atomic mass is 16.2. The highest BCUT2D eigenvalue weighted by Crippen LogP contribution is 2.19. The van der Waals surface area contributed by atoms with Gasteiger partial charge in [0.1, 0.15) is 0 Å². The number of carbonyl (C=O) groups excluding carboxylic acids is 1. The van der Waals surface area contributed by atoms with Gasteiger partial charge in [0.2, 0.25) is 5.91 Å². The number of nitrogens with one attached hydrogen (secondary N) is 1. The van der Waals surface area contributed by atoms with Crippen LogP contribution in [0.15, 0.2) is 24.3 Å². The lowest BCUT2D eigenvalue weighted by atomic mass is 9.98. The maximum atomic E-state index is 12.3. The monoisotopic (exact) mass is 243 g/mol. The fourth-order valence-corrected chi connectivity index (χ4v) is 2.25. The van der Waals surface area contributed by atoms with Gasteiger partial charge in [-0.3, -0.25) is 4.79 Å². The lowest BCUT2D eigenvalue weighted by Crippen LogP contribution is -2.41. The van der Waals surface area contributed by atoms with Gasteiger partial charge in [-0.1, -0.05) is 6.07 Å². The lowest BCUT2D eigenvalue weighted by Gasteiger charge is -2.27. The molecule has 1 aliphatic heterocycles. The van der Waals surface area contributed by atoms with Crippen LogP contribution in [-0.2, 0) is 4.79 Å². The first-order valence-electron chi connectivity index (χ1n) is 6.21. The SMILES string of the molecule is CN(C(=O)C1CCCNC1)c1cccc(C#N)c1. The summed E-state index contributed by atoms with van der Waals surface area (Å²) < 4.78 is 0. The minimum atomic E-state index is 0.0505. The Kier molecular flexibility index (Phi) is 3.96. The molecule has 0 radical (unpaired) electrons. The topological polar surface area (TPSA) is 56.1 Å². The summed E-state index contributed by atoms with van der Waals surface area (Å²) in [7, 11) is 1.77. The van der Waals surface area contributed by atoms with Crippen LogP contribution in [-0.4, -0.2) is 26.0 Å². The Morgan fingerprint density at radius 3 is 3.06 bits per heavy atom. The van der Waals surface area contributed by atoms with E-state index in [1.54, 1.807) is 30.1 Å². The van der Waals surface area contributed by atoms with Crippen molar-refractivity contribution in [1.29, 1.82) is 5.26 Å². The lowest BCUT2D eigenvalue weighted by molar-refractivity contribution is -0.122. The number of nitrogens with zero attached hydrogens (tertiary/aromatic N) is 2. The molecule has 1 amide bonds. The zero-order valence-electron chi connectivity index (χ0n) is 10.5. The maximum Gasteiger partial charge on any atom is 0.231 e. The van der Waals surface area contributed by atoms with Crippen molar-refractivity contribution >= 4 is 11.6 Å². The van der Waals surface area contributed by atoms with Gasteiger partial charge >= 0.3 is 0 Å².